The highest BCUT2D eigenvalue weighted by Gasteiger charge is 2.03. The monoisotopic (exact) mass is 181 g/mol. The zero-order chi connectivity index (χ0) is 10.3. The molecule has 0 radical (unpaired) electrons. The molecule has 0 spiro atoms. The van der Waals surface area contributed by atoms with Crippen LogP contribution in [0.4, 0.5) is 0 Å². The van der Waals surface area contributed by atoms with Crippen LogP contribution < -0.4 is 0 Å². The van der Waals surface area contributed by atoms with Crippen molar-refractivity contribution in [2.75, 3.05) is 6.61 Å². The second-order valence-electron chi connectivity index (χ2n) is 3.13. The van der Waals surface area contributed by atoms with E-state index < -0.39 is 5.97 Å². The van der Waals surface area contributed by atoms with E-state index in [0.717, 1.165) is 0 Å². The zero-order valence-corrected chi connectivity index (χ0v) is 8.33. The molecule has 0 atom stereocenters. The highest BCUT2D eigenvalue weighted by atomic mass is 16.5. The maximum atomic E-state index is 10.9. The molecule has 3 nitrogen and oxygen atoms in total. The number of hydrogen-bond donors (Lipinski definition) is 0. The van der Waals surface area contributed by atoms with Crippen LogP contribution >= 0.6 is 0 Å². The number of carbonyl (C=O) groups excluding carboxylic acids is 1. The predicted molar refractivity (Wildman–Crippen MR) is 49.8 cm³/mol. The van der Waals surface area contributed by atoms with Crippen molar-refractivity contribution in [3.05, 3.63) is 11.6 Å². The van der Waals surface area contributed by atoms with Gasteiger partial charge in [0, 0.05) is 11.6 Å². The Labute approximate surface area is 79.0 Å². The molecule has 0 unspecified atom stereocenters. The fraction of sp³-hybridized carbons (Fsp3) is 0.600. The summed E-state index contributed by atoms with van der Waals surface area (Å²) in [6.07, 6.45) is 1.89. The Morgan fingerprint density at radius 1 is 1.62 bits per heavy atom. The van der Waals surface area contributed by atoms with E-state index in [1.165, 1.54) is 6.08 Å². The lowest BCUT2D eigenvalue weighted by atomic mass is 10.0. The Balaban J connectivity index is 4.23. The van der Waals surface area contributed by atoms with Crippen molar-refractivity contribution >= 4 is 5.97 Å². The highest BCUT2D eigenvalue weighted by Crippen LogP contribution is 2.09. The second-order valence-corrected chi connectivity index (χ2v) is 3.13. The number of rotatable bonds is 4. The van der Waals surface area contributed by atoms with Gasteiger partial charge >= 0.3 is 5.97 Å². The molecule has 0 saturated carbocycles. The van der Waals surface area contributed by atoms with Crippen molar-refractivity contribution < 1.29 is 9.53 Å². The third kappa shape index (κ3) is 5.92. The van der Waals surface area contributed by atoms with Gasteiger partial charge < -0.3 is 4.74 Å². The van der Waals surface area contributed by atoms with E-state index in [-0.39, 0.29) is 0 Å². The molecule has 0 aliphatic heterocycles. The summed E-state index contributed by atoms with van der Waals surface area (Å²) in [5.41, 5.74) is 0.480. The number of carbonyl (C=O) groups is 1. The molecule has 0 fully saturated rings. The number of esters is 1. The van der Waals surface area contributed by atoms with E-state index in [1.807, 2.05) is 19.9 Å². The maximum Gasteiger partial charge on any atom is 0.331 e. The molecular weight excluding hydrogens is 166 g/mol. The number of allylic oxidation sites excluding steroid dienone is 1. The lowest BCUT2D eigenvalue weighted by Gasteiger charge is -2.01. The van der Waals surface area contributed by atoms with E-state index in [2.05, 4.69) is 4.74 Å². The molecule has 0 saturated heterocycles. The molecular formula is C10H15NO2. The van der Waals surface area contributed by atoms with Crippen LogP contribution in [0.1, 0.15) is 27.2 Å². The minimum absolute atomic E-state index is 0.343. The summed E-state index contributed by atoms with van der Waals surface area (Å²) in [6.45, 7) is 6.07. The summed E-state index contributed by atoms with van der Waals surface area (Å²) in [4.78, 5) is 10.9. The van der Waals surface area contributed by atoms with Crippen LogP contribution in [0, 0.1) is 17.2 Å². The van der Waals surface area contributed by atoms with Crippen LogP contribution in [0.5, 0.6) is 0 Å². The summed E-state index contributed by atoms with van der Waals surface area (Å²) in [7, 11) is 0. The van der Waals surface area contributed by atoms with E-state index in [0.29, 0.717) is 24.5 Å². The Bertz CT molecular complexity index is 236. The number of nitriles is 1. The summed E-state index contributed by atoms with van der Waals surface area (Å²) < 4.78 is 4.69. The minimum Gasteiger partial charge on any atom is -0.463 e. The van der Waals surface area contributed by atoms with E-state index in [1.54, 1.807) is 6.92 Å². The molecule has 72 valence electrons. The Morgan fingerprint density at radius 2 is 2.23 bits per heavy atom. The van der Waals surface area contributed by atoms with Gasteiger partial charge in [-0.1, -0.05) is 13.8 Å². The molecule has 0 aliphatic carbocycles. The van der Waals surface area contributed by atoms with Gasteiger partial charge in [0.2, 0.25) is 0 Å². The predicted octanol–water partition coefficient (Wildman–Crippen LogP) is 2.05. The fourth-order valence-corrected chi connectivity index (χ4v) is 0.903. The van der Waals surface area contributed by atoms with Crippen LogP contribution in [0.2, 0.25) is 0 Å². The van der Waals surface area contributed by atoms with Crippen LogP contribution in [0.3, 0.4) is 0 Å². The van der Waals surface area contributed by atoms with Gasteiger partial charge in [0.1, 0.15) is 0 Å². The average Bonchev–Trinajstić information content (AvgIpc) is 2.02. The van der Waals surface area contributed by atoms with Crippen molar-refractivity contribution in [2.45, 2.75) is 27.2 Å². The summed E-state index contributed by atoms with van der Waals surface area (Å²) >= 11 is 0. The standard InChI is InChI=1S/C10H15NO2/c1-4-13-10(12)6-9(7-11)5-8(2)3/h6,8H,4-5H2,1-3H3/b9-6+. The van der Waals surface area contributed by atoms with Gasteiger partial charge in [0.15, 0.2) is 0 Å². The van der Waals surface area contributed by atoms with Crippen molar-refractivity contribution in [1.82, 2.24) is 0 Å². The van der Waals surface area contributed by atoms with E-state index in [4.69, 9.17) is 5.26 Å². The van der Waals surface area contributed by atoms with Crippen LogP contribution in [-0.2, 0) is 9.53 Å². The van der Waals surface area contributed by atoms with Gasteiger partial charge in [-0.2, -0.15) is 5.26 Å². The fourth-order valence-electron chi connectivity index (χ4n) is 0.903. The molecule has 0 aromatic carbocycles. The molecule has 0 amide bonds. The number of ether oxygens (including phenoxy) is 1. The molecule has 13 heavy (non-hydrogen) atoms. The third-order valence-corrected chi connectivity index (χ3v) is 1.35. The lowest BCUT2D eigenvalue weighted by molar-refractivity contribution is -0.137. The molecule has 0 N–H and O–H groups in total. The number of hydrogen-bond acceptors (Lipinski definition) is 3. The first kappa shape index (κ1) is 11.7. The second kappa shape index (κ2) is 6.24. The average molecular weight is 181 g/mol. The van der Waals surface area contributed by atoms with Crippen LogP contribution in [-0.4, -0.2) is 12.6 Å². The largest absolute Gasteiger partial charge is 0.463 e. The Morgan fingerprint density at radius 3 is 2.62 bits per heavy atom. The van der Waals surface area contributed by atoms with E-state index >= 15 is 0 Å². The molecule has 0 aromatic rings. The first-order chi connectivity index (χ1) is 6.10. The Kier molecular flexibility index (Phi) is 5.62. The maximum absolute atomic E-state index is 10.9. The van der Waals surface area contributed by atoms with Crippen molar-refractivity contribution in [1.29, 1.82) is 5.26 Å². The SMILES string of the molecule is CCOC(=O)/C=C(/C#N)CC(C)C. The molecule has 0 aromatic heterocycles. The van der Waals surface area contributed by atoms with Gasteiger partial charge in [-0.3, -0.25) is 0 Å². The van der Waals surface area contributed by atoms with Crippen LogP contribution in [0.25, 0.3) is 0 Å². The third-order valence-electron chi connectivity index (χ3n) is 1.35. The topological polar surface area (TPSA) is 50.1 Å². The van der Waals surface area contributed by atoms with Crippen molar-refractivity contribution in [3.8, 4) is 6.07 Å². The molecule has 3 heteroatoms. The Hall–Kier alpha value is -1.30. The van der Waals surface area contributed by atoms with Gasteiger partial charge in [0.25, 0.3) is 0 Å². The van der Waals surface area contributed by atoms with Crippen molar-refractivity contribution in [3.63, 3.8) is 0 Å². The zero-order valence-electron chi connectivity index (χ0n) is 8.33. The minimum atomic E-state index is -0.431. The smallest absolute Gasteiger partial charge is 0.331 e. The lowest BCUT2D eigenvalue weighted by Crippen LogP contribution is -2.01. The molecule has 0 bridgehead atoms. The molecule has 0 heterocycles. The summed E-state index contributed by atoms with van der Waals surface area (Å²) in [5.74, 6) is -0.0555. The first-order valence-electron chi connectivity index (χ1n) is 4.37. The van der Waals surface area contributed by atoms with Gasteiger partial charge in [-0.15, -0.1) is 0 Å². The summed E-state index contributed by atoms with van der Waals surface area (Å²) in [6, 6.07) is 1.98. The normalized spacial score (nSPS) is 11.2. The molecule has 0 aliphatic rings. The van der Waals surface area contributed by atoms with Gasteiger partial charge in [-0.05, 0) is 19.3 Å². The van der Waals surface area contributed by atoms with Gasteiger partial charge in [-0.25, -0.2) is 4.79 Å². The summed E-state index contributed by atoms with van der Waals surface area (Å²) in [5, 5.41) is 8.67. The first-order valence-corrected chi connectivity index (χ1v) is 4.37. The number of nitrogens with zero attached hydrogens (tertiary/aromatic N) is 1. The van der Waals surface area contributed by atoms with Crippen LogP contribution in [0.15, 0.2) is 11.6 Å². The highest BCUT2D eigenvalue weighted by molar-refractivity contribution is 5.83. The quantitative estimate of drug-likeness (QED) is 0.379. The molecule has 0 rings (SSSR count). The van der Waals surface area contributed by atoms with Gasteiger partial charge in [0.05, 0.1) is 12.7 Å². The van der Waals surface area contributed by atoms with Crippen molar-refractivity contribution in [2.24, 2.45) is 5.92 Å². The van der Waals surface area contributed by atoms with E-state index in [9.17, 15) is 4.79 Å².